The predicted octanol–water partition coefficient (Wildman–Crippen LogP) is 3.43. The standard InChI is InChI=1S/C24H24FN3O4/c1-14-3-5-16(6-4-14)26-7-9-27(10-8-26)21-19(25)11-17-20-23(21)32-13-15(2)28(20)12-18(22(17)29)24(30)31/h3-6,11-12,15H,7-10,13H2,1-2H3,(H,30,31)/t15-/m0/s1. The number of halogens is 1. The molecule has 3 aromatic rings. The smallest absolute Gasteiger partial charge is 0.341 e. The summed E-state index contributed by atoms with van der Waals surface area (Å²) >= 11 is 0. The molecule has 0 aliphatic carbocycles. The summed E-state index contributed by atoms with van der Waals surface area (Å²) in [4.78, 5) is 28.5. The van der Waals surface area contributed by atoms with Crippen molar-refractivity contribution >= 4 is 28.2 Å². The minimum atomic E-state index is -1.32. The SMILES string of the molecule is Cc1ccc(N2CCN(c3c(F)cc4c(=O)c(C(=O)O)cn5c4c3OC[C@@H]5C)CC2)cc1. The number of aromatic nitrogens is 1. The summed E-state index contributed by atoms with van der Waals surface area (Å²) in [5.41, 5.74) is 2.07. The number of aryl methyl sites for hydroxylation is 1. The zero-order valence-corrected chi connectivity index (χ0v) is 18.0. The molecule has 1 fully saturated rings. The van der Waals surface area contributed by atoms with E-state index in [2.05, 4.69) is 36.1 Å². The minimum absolute atomic E-state index is 0.0333. The lowest BCUT2D eigenvalue weighted by atomic mass is 10.1. The van der Waals surface area contributed by atoms with E-state index in [0.717, 1.165) is 24.8 Å². The molecule has 0 radical (unpaired) electrons. The molecule has 3 heterocycles. The zero-order chi connectivity index (χ0) is 22.6. The minimum Gasteiger partial charge on any atom is -0.487 e. The van der Waals surface area contributed by atoms with E-state index in [9.17, 15) is 14.7 Å². The molecule has 0 saturated carbocycles. The van der Waals surface area contributed by atoms with Crippen molar-refractivity contribution in [3.63, 3.8) is 0 Å². The zero-order valence-electron chi connectivity index (χ0n) is 18.0. The molecule has 2 aliphatic rings. The van der Waals surface area contributed by atoms with Gasteiger partial charge in [-0.2, -0.15) is 0 Å². The first-order valence-electron chi connectivity index (χ1n) is 10.7. The van der Waals surface area contributed by atoms with E-state index in [-0.39, 0.29) is 23.6 Å². The molecule has 1 saturated heterocycles. The number of hydrogen-bond donors (Lipinski definition) is 1. The highest BCUT2D eigenvalue weighted by Gasteiger charge is 2.31. The summed E-state index contributed by atoms with van der Waals surface area (Å²) in [5.74, 6) is -1.58. The Hall–Kier alpha value is -3.55. The van der Waals surface area contributed by atoms with Gasteiger partial charge >= 0.3 is 5.97 Å². The van der Waals surface area contributed by atoms with Gasteiger partial charge in [-0.05, 0) is 32.0 Å². The average Bonchev–Trinajstić information content (AvgIpc) is 2.78. The molecule has 0 amide bonds. The number of hydrogen-bond acceptors (Lipinski definition) is 5. The maximum Gasteiger partial charge on any atom is 0.341 e. The van der Waals surface area contributed by atoms with Crippen LogP contribution in [0.1, 0.15) is 28.9 Å². The first-order valence-corrected chi connectivity index (χ1v) is 10.7. The summed E-state index contributed by atoms with van der Waals surface area (Å²) in [6, 6.07) is 9.32. The predicted molar refractivity (Wildman–Crippen MR) is 121 cm³/mol. The second kappa shape index (κ2) is 7.55. The second-order valence-electron chi connectivity index (χ2n) is 8.49. The van der Waals surface area contributed by atoms with Crippen molar-refractivity contribution in [2.75, 3.05) is 42.6 Å². The molecule has 0 bridgehead atoms. The van der Waals surface area contributed by atoms with Crippen molar-refractivity contribution in [1.82, 2.24) is 4.57 Å². The lowest BCUT2D eigenvalue weighted by molar-refractivity contribution is 0.0694. The molecule has 1 atom stereocenters. The third-order valence-electron chi connectivity index (χ3n) is 6.37. The molecule has 2 aliphatic heterocycles. The van der Waals surface area contributed by atoms with Crippen LogP contribution in [0.4, 0.5) is 15.8 Å². The Labute approximate surface area is 184 Å². The molecule has 0 spiro atoms. The Morgan fingerprint density at radius 3 is 2.44 bits per heavy atom. The van der Waals surface area contributed by atoms with Crippen LogP contribution in [0.5, 0.6) is 5.75 Å². The van der Waals surface area contributed by atoms with Gasteiger partial charge in [-0.3, -0.25) is 4.79 Å². The van der Waals surface area contributed by atoms with Gasteiger partial charge < -0.3 is 24.2 Å². The fourth-order valence-corrected chi connectivity index (χ4v) is 4.60. The highest BCUT2D eigenvalue weighted by molar-refractivity contribution is 5.97. The largest absolute Gasteiger partial charge is 0.487 e. The van der Waals surface area contributed by atoms with Crippen LogP contribution >= 0.6 is 0 Å². The van der Waals surface area contributed by atoms with Gasteiger partial charge in [0.2, 0.25) is 5.43 Å². The van der Waals surface area contributed by atoms with Gasteiger partial charge in [0.25, 0.3) is 0 Å². The highest BCUT2D eigenvalue weighted by atomic mass is 19.1. The third-order valence-corrected chi connectivity index (χ3v) is 6.37. The lowest BCUT2D eigenvalue weighted by Gasteiger charge is -2.39. The number of ether oxygens (including phenoxy) is 1. The lowest BCUT2D eigenvalue weighted by Crippen LogP contribution is -2.47. The van der Waals surface area contributed by atoms with Crippen molar-refractivity contribution in [3.05, 3.63) is 63.7 Å². The molecule has 1 N–H and O–H groups in total. The molecule has 166 valence electrons. The molecule has 0 unspecified atom stereocenters. The van der Waals surface area contributed by atoms with Crippen LogP contribution in [-0.2, 0) is 0 Å². The number of carboxylic acids is 1. The van der Waals surface area contributed by atoms with E-state index in [1.54, 1.807) is 4.57 Å². The number of benzene rings is 2. The topological polar surface area (TPSA) is 75.0 Å². The normalized spacial score (nSPS) is 18.0. The van der Waals surface area contributed by atoms with E-state index in [0.29, 0.717) is 30.0 Å². The fourth-order valence-electron chi connectivity index (χ4n) is 4.60. The monoisotopic (exact) mass is 437 g/mol. The Morgan fingerprint density at radius 2 is 1.78 bits per heavy atom. The van der Waals surface area contributed by atoms with Gasteiger partial charge in [0.15, 0.2) is 11.6 Å². The molecular weight excluding hydrogens is 413 g/mol. The average molecular weight is 437 g/mol. The Bertz CT molecular complexity index is 1280. The number of nitrogens with zero attached hydrogens (tertiary/aromatic N) is 3. The fraction of sp³-hybridized carbons (Fsp3) is 0.333. The number of aromatic carboxylic acids is 1. The number of carboxylic acid groups (broad SMARTS) is 1. The summed E-state index contributed by atoms with van der Waals surface area (Å²) in [6.07, 6.45) is 1.35. The molecule has 5 rings (SSSR count). The van der Waals surface area contributed by atoms with Crippen LogP contribution in [0.3, 0.4) is 0 Å². The van der Waals surface area contributed by atoms with Crippen molar-refractivity contribution in [3.8, 4) is 5.75 Å². The van der Waals surface area contributed by atoms with E-state index < -0.39 is 17.2 Å². The maximum absolute atomic E-state index is 15.4. The molecule has 2 aromatic carbocycles. The Balaban J connectivity index is 1.55. The van der Waals surface area contributed by atoms with Crippen LogP contribution in [0.25, 0.3) is 10.9 Å². The molecule has 32 heavy (non-hydrogen) atoms. The van der Waals surface area contributed by atoms with E-state index in [4.69, 9.17) is 4.74 Å². The molecule has 1 aromatic heterocycles. The van der Waals surface area contributed by atoms with Gasteiger partial charge in [0.05, 0.1) is 16.9 Å². The molecular formula is C24H24FN3O4. The van der Waals surface area contributed by atoms with Crippen molar-refractivity contribution in [2.24, 2.45) is 0 Å². The van der Waals surface area contributed by atoms with E-state index >= 15 is 4.39 Å². The number of anilines is 2. The van der Waals surface area contributed by atoms with Gasteiger partial charge in [-0.15, -0.1) is 0 Å². The summed E-state index contributed by atoms with van der Waals surface area (Å²) in [6.45, 7) is 6.84. The molecule has 8 heteroatoms. The van der Waals surface area contributed by atoms with Crippen molar-refractivity contribution in [2.45, 2.75) is 19.9 Å². The second-order valence-corrected chi connectivity index (χ2v) is 8.49. The Kier molecular flexibility index (Phi) is 4.80. The summed E-state index contributed by atoms with van der Waals surface area (Å²) < 4.78 is 23.0. The van der Waals surface area contributed by atoms with E-state index in [1.807, 2.05) is 11.8 Å². The first kappa shape index (κ1) is 20.4. The van der Waals surface area contributed by atoms with E-state index in [1.165, 1.54) is 11.8 Å². The van der Waals surface area contributed by atoms with Crippen LogP contribution in [0.15, 0.2) is 41.3 Å². The third kappa shape index (κ3) is 3.18. The van der Waals surface area contributed by atoms with Gasteiger partial charge in [0.1, 0.15) is 17.9 Å². The highest BCUT2D eigenvalue weighted by Crippen LogP contribution is 2.42. The van der Waals surface area contributed by atoms with Crippen LogP contribution < -0.4 is 20.0 Å². The van der Waals surface area contributed by atoms with Gasteiger partial charge in [0, 0.05) is 38.1 Å². The van der Waals surface area contributed by atoms with Crippen molar-refractivity contribution < 1.29 is 19.0 Å². The number of carbonyl (C=O) groups is 1. The van der Waals surface area contributed by atoms with Gasteiger partial charge in [-0.1, -0.05) is 17.7 Å². The summed E-state index contributed by atoms with van der Waals surface area (Å²) in [5, 5.41) is 9.46. The first-order chi connectivity index (χ1) is 15.3. The van der Waals surface area contributed by atoms with Crippen LogP contribution in [-0.4, -0.2) is 48.4 Å². The molecule has 7 nitrogen and oxygen atoms in total. The van der Waals surface area contributed by atoms with Crippen LogP contribution in [0.2, 0.25) is 0 Å². The Morgan fingerprint density at radius 1 is 1.12 bits per heavy atom. The number of piperazine rings is 1. The number of rotatable bonds is 3. The number of pyridine rings is 1. The van der Waals surface area contributed by atoms with Gasteiger partial charge in [-0.25, -0.2) is 9.18 Å². The quantitative estimate of drug-likeness (QED) is 0.677. The maximum atomic E-state index is 15.4. The van der Waals surface area contributed by atoms with Crippen LogP contribution in [0, 0.1) is 12.7 Å². The summed E-state index contributed by atoms with van der Waals surface area (Å²) in [7, 11) is 0. The van der Waals surface area contributed by atoms with Crippen molar-refractivity contribution in [1.29, 1.82) is 0 Å².